The second-order valence-electron chi connectivity index (χ2n) is 6.10. The van der Waals surface area contributed by atoms with Gasteiger partial charge in [-0.3, -0.25) is 9.10 Å². The molecule has 0 saturated heterocycles. The third-order valence-corrected chi connectivity index (χ3v) is 5.25. The molecular formula is C19H24N2O5S. The summed E-state index contributed by atoms with van der Waals surface area (Å²) < 4.78 is 36.6. The monoisotopic (exact) mass is 392 g/mol. The summed E-state index contributed by atoms with van der Waals surface area (Å²) in [6.07, 6.45) is 1.06. The molecule has 0 aliphatic carbocycles. The number of amides is 1. The first kappa shape index (κ1) is 20.6. The van der Waals surface area contributed by atoms with E-state index in [1.807, 2.05) is 13.0 Å². The largest absolute Gasteiger partial charge is 0.495 e. The zero-order chi connectivity index (χ0) is 20.2. The lowest BCUT2D eigenvalue weighted by atomic mass is 10.2. The first-order valence-corrected chi connectivity index (χ1v) is 10.1. The maximum atomic E-state index is 12.8. The molecule has 2 rings (SSSR count). The molecule has 1 amide bonds. The average Bonchev–Trinajstić information content (AvgIpc) is 2.61. The normalized spacial score (nSPS) is 12.2. The van der Waals surface area contributed by atoms with E-state index in [0.717, 1.165) is 16.1 Å². The Balaban J connectivity index is 2.43. The molecule has 0 radical (unpaired) electrons. The minimum Gasteiger partial charge on any atom is -0.495 e. The van der Waals surface area contributed by atoms with Crippen molar-refractivity contribution in [1.29, 1.82) is 0 Å². The summed E-state index contributed by atoms with van der Waals surface area (Å²) in [5.41, 5.74) is 1.61. The molecule has 8 heteroatoms. The van der Waals surface area contributed by atoms with Crippen molar-refractivity contribution >= 4 is 27.3 Å². The maximum absolute atomic E-state index is 12.8. The van der Waals surface area contributed by atoms with Gasteiger partial charge in [0.05, 0.1) is 31.9 Å². The zero-order valence-electron chi connectivity index (χ0n) is 16.0. The molecule has 146 valence electrons. The van der Waals surface area contributed by atoms with Gasteiger partial charge in [-0.1, -0.05) is 18.2 Å². The SMILES string of the molecule is COc1ccccc1NC(=O)[C@H](C)N(c1cc(C)ccc1OC)S(C)(=O)=O. The molecule has 0 heterocycles. The van der Waals surface area contributed by atoms with Gasteiger partial charge in [0.15, 0.2) is 0 Å². The number of anilines is 2. The van der Waals surface area contributed by atoms with Crippen LogP contribution in [-0.2, 0) is 14.8 Å². The summed E-state index contributed by atoms with van der Waals surface area (Å²) in [5.74, 6) is 0.355. The van der Waals surface area contributed by atoms with E-state index in [2.05, 4.69) is 5.32 Å². The number of para-hydroxylation sites is 2. The van der Waals surface area contributed by atoms with E-state index in [1.54, 1.807) is 36.4 Å². The highest BCUT2D eigenvalue weighted by atomic mass is 32.2. The third-order valence-electron chi connectivity index (χ3n) is 4.03. The average molecular weight is 392 g/mol. The minimum absolute atomic E-state index is 0.308. The lowest BCUT2D eigenvalue weighted by Gasteiger charge is -2.29. The zero-order valence-corrected chi connectivity index (χ0v) is 16.8. The molecule has 7 nitrogen and oxygen atoms in total. The van der Waals surface area contributed by atoms with E-state index in [4.69, 9.17) is 9.47 Å². The summed E-state index contributed by atoms with van der Waals surface area (Å²) in [6.45, 7) is 3.36. The summed E-state index contributed by atoms with van der Waals surface area (Å²) in [6, 6.07) is 11.1. The number of hydrogen-bond donors (Lipinski definition) is 1. The Morgan fingerprint density at radius 1 is 1.07 bits per heavy atom. The number of nitrogens with one attached hydrogen (secondary N) is 1. The third kappa shape index (κ3) is 4.71. The van der Waals surface area contributed by atoms with Crippen LogP contribution in [0.3, 0.4) is 0 Å². The van der Waals surface area contributed by atoms with Crippen LogP contribution in [0.5, 0.6) is 11.5 Å². The maximum Gasteiger partial charge on any atom is 0.248 e. The molecule has 0 spiro atoms. The topological polar surface area (TPSA) is 84.9 Å². The van der Waals surface area contributed by atoms with Crippen molar-refractivity contribution in [2.24, 2.45) is 0 Å². The number of sulfonamides is 1. The lowest BCUT2D eigenvalue weighted by Crippen LogP contribution is -2.45. The van der Waals surface area contributed by atoms with E-state index in [0.29, 0.717) is 22.9 Å². The Hall–Kier alpha value is -2.74. The van der Waals surface area contributed by atoms with Crippen LogP contribution in [-0.4, -0.2) is 40.8 Å². The molecule has 0 fully saturated rings. The minimum atomic E-state index is -3.76. The number of aryl methyl sites for hydroxylation is 1. The standard InChI is InChI=1S/C19H24N2O5S/c1-13-10-11-18(26-4)16(12-13)21(27(5,23)24)14(2)19(22)20-15-8-6-7-9-17(15)25-3/h6-12,14H,1-5H3,(H,20,22)/t14-/m0/s1. The molecule has 0 aliphatic rings. The Morgan fingerprint density at radius 2 is 1.70 bits per heavy atom. The van der Waals surface area contributed by atoms with Crippen LogP contribution in [0.2, 0.25) is 0 Å². The molecule has 0 bridgehead atoms. The molecule has 1 atom stereocenters. The van der Waals surface area contributed by atoms with Gasteiger partial charge in [0.2, 0.25) is 15.9 Å². The van der Waals surface area contributed by atoms with Gasteiger partial charge >= 0.3 is 0 Å². The van der Waals surface area contributed by atoms with Crippen molar-refractivity contribution in [1.82, 2.24) is 0 Å². The quantitative estimate of drug-likeness (QED) is 0.783. The Bertz CT molecular complexity index is 927. The van der Waals surface area contributed by atoms with E-state index in [1.165, 1.54) is 21.1 Å². The van der Waals surface area contributed by atoms with Gasteiger partial charge in [0.25, 0.3) is 0 Å². The van der Waals surface area contributed by atoms with Crippen LogP contribution in [0, 0.1) is 6.92 Å². The first-order chi connectivity index (χ1) is 12.7. The van der Waals surface area contributed by atoms with Gasteiger partial charge in [-0.25, -0.2) is 8.42 Å². The fraction of sp³-hybridized carbons (Fsp3) is 0.316. The van der Waals surface area contributed by atoms with Gasteiger partial charge in [0, 0.05) is 0 Å². The van der Waals surface area contributed by atoms with Crippen LogP contribution < -0.4 is 19.1 Å². The van der Waals surface area contributed by atoms with Gasteiger partial charge in [0.1, 0.15) is 17.5 Å². The van der Waals surface area contributed by atoms with Crippen LogP contribution in [0.25, 0.3) is 0 Å². The van der Waals surface area contributed by atoms with Gasteiger partial charge < -0.3 is 14.8 Å². The van der Waals surface area contributed by atoms with E-state index < -0.39 is 22.0 Å². The molecule has 27 heavy (non-hydrogen) atoms. The van der Waals surface area contributed by atoms with Crippen molar-refractivity contribution in [2.75, 3.05) is 30.1 Å². The molecule has 0 unspecified atom stereocenters. The Kier molecular flexibility index (Phi) is 6.32. The van der Waals surface area contributed by atoms with Crippen molar-refractivity contribution in [3.05, 3.63) is 48.0 Å². The highest BCUT2D eigenvalue weighted by Gasteiger charge is 2.31. The first-order valence-electron chi connectivity index (χ1n) is 8.27. The summed E-state index contributed by atoms with van der Waals surface area (Å²) in [4.78, 5) is 12.8. The van der Waals surface area contributed by atoms with Crippen LogP contribution in [0.15, 0.2) is 42.5 Å². The fourth-order valence-corrected chi connectivity index (χ4v) is 3.91. The number of rotatable bonds is 7. The number of carbonyl (C=O) groups is 1. The van der Waals surface area contributed by atoms with E-state index in [-0.39, 0.29) is 0 Å². The van der Waals surface area contributed by atoms with Crippen LogP contribution >= 0.6 is 0 Å². The van der Waals surface area contributed by atoms with Crippen molar-refractivity contribution < 1.29 is 22.7 Å². The number of ether oxygens (including phenoxy) is 2. The second-order valence-corrected chi connectivity index (χ2v) is 7.96. The van der Waals surface area contributed by atoms with Gasteiger partial charge in [-0.15, -0.1) is 0 Å². The fourth-order valence-electron chi connectivity index (χ4n) is 2.74. The molecule has 0 aliphatic heterocycles. The molecule has 2 aromatic carbocycles. The molecule has 2 aromatic rings. The summed E-state index contributed by atoms with van der Waals surface area (Å²) in [7, 11) is -0.811. The number of benzene rings is 2. The molecule has 0 saturated carbocycles. The van der Waals surface area contributed by atoms with Crippen LogP contribution in [0.4, 0.5) is 11.4 Å². The van der Waals surface area contributed by atoms with Crippen molar-refractivity contribution in [3.8, 4) is 11.5 Å². The predicted molar refractivity (Wildman–Crippen MR) is 106 cm³/mol. The van der Waals surface area contributed by atoms with Gasteiger partial charge in [-0.05, 0) is 43.7 Å². The second kappa shape index (κ2) is 8.30. The van der Waals surface area contributed by atoms with Crippen molar-refractivity contribution in [2.45, 2.75) is 19.9 Å². The number of nitrogens with zero attached hydrogens (tertiary/aromatic N) is 1. The predicted octanol–water partition coefficient (Wildman–Crippen LogP) is 2.81. The summed E-state index contributed by atoms with van der Waals surface area (Å²) in [5, 5.41) is 2.72. The van der Waals surface area contributed by atoms with Gasteiger partial charge in [-0.2, -0.15) is 0 Å². The number of methoxy groups -OCH3 is 2. The lowest BCUT2D eigenvalue weighted by molar-refractivity contribution is -0.116. The van der Waals surface area contributed by atoms with Crippen molar-refractivity contribution in [3.63, 3.8) is 0 Å². The van der Waals surface area contributed by atoms with E-state index in [9.17, 15) is 13.2 Å². The number of hydrogen-bond acceptors (Lipinski definition) is 5. The smallest absolute Gasteiger partial charge is 0.248 e. The Morgan fingerprint density at radius 3 is 2.30 bits per heavy atom. The number of carbonyl (C=O) groups excluding carboxylic acids is 1. The highest BCUT2D eigenvalue weighted by molar-refractivity contribution is 7.92. The molecule has 0 aromatic heterocycles. The summed E-state index contributed by atoms with van der Waals surface area (Å²) >= 11 is 0. The van der Waals surface area contributed by atoms with E-state index >= 15 is 0 Å². The Labute approximate surface area is 160 Å². The van der Waals surface area contributed by atoms with Crippen LogP contribution in [0.1, 0.15) is 12.5 Å². The molecule has 1 N–H and O–H groups in total. The molecular weight excluding hydrogens is 368 g/mol. The highest BCUT2D eigenvalue weighted by Crippen LogP contribution is 2.33.